The second-order valence-electron chi connectivity index (χ2n) is 6.49. The Morgan fingerprint density at radius 3 is 2.84 bits per heavy atom. The third kappa shape index (κ3) is 3.78. The molecule has 1 aliphatic rings. The zero-order chi connectivity index (χ0) is 17.8. The van der Waals surface area contributed by atoms with Crippen molar-refractivity contribution in [2.45, 2.75) is 33.2 Å². The summed E-state index contributed by atoms with van der Waals surface area (Å²) in [6.07, 6.45) is 3.75. The summed E-state index contributed by atoms with van der Waals surface area (Å²) in [5.74, 6) is -0.0681. The van der Waals surface area contributed by atoms with Crippen LogP contribution in [0, 0.1) is 5.92 Å². The molecular formula is C19H26N4O2. The monoisotopic (exact) mass is 342 g/mol. The van der Waals surface area contributed by atoms with Gasteiger partial charge in [-0.1, -0.05) is 6.07 Å². The number of nitrogens with one attached hydrogen (secondary N) is 2. The van der Waals surface area contributed by atoms with Gasteiger partial charge >= 0.3 is 6.03 Å². The number of nitrogens with zero attached hydrogens (tertiary/aromatic N) is 2. The number of aryl methyl sites for hydroxylation is 1. The fraction of sp³-hybridized carbons (Fsp3) is 0.474. The van der Waals surface area contributed by atoms with Crippen molar-refractivity contribution in [3.05, 3.63) is 30.5 Å². The molecule has 0 saturated carbocycles. The first-order chi connectivity index (χ1) is 12.1. The van der Waals surface area contributed by atoms with Crippen molar-refractivity contribution in [1.29, 1.82) is 0 Å². The van der Waals surface area contributed by atoms with E-state index in [-0.39, 0.29) is 17.9 Å². The van der Waals surface area contributed by atoms with Crippen molar-refractivity contribution in [3.63, 3.8) is 0 Å². The van der Waals surface area contributed by atoms with Gasteiger partial charge in [0, 0.05) is 38.1 Å². The minimum Gasteiger partial charge on any atom is -0.356 e. The van der Waals surface area contributed by atoms with Crippen molar-refractivity contribution in [2.24, 2.45) is 5.92 Å². The Morgan fingerprint density at radius 2 is 2.08 bits per heavy atom. The van der Waals surface area contributed by atoms with Gasteiger partial charge in [0.2, 0.25) is 5.91 Å². The van der Waals surface area contributed by atoms with Crippen molar-refractivity contribution in [2.75, 3.05) is 25.0 Å². The highest BCUT2D eigenvalue weighted by Crippen LogP contribution is 2.22. The predicted octanol–water partition coefficient (Wildman–Crippen LogP) is 3.04. The van der Waals surface area contributed by atoms with Crippen LogP contribution in [0.25, 0.3) is 10.9 Å². The second-order valence-corrected chi connectivity index (χ2v) is 6.49. The molecule has 6 nitrogen and oxygen atoms in total. The molecule has 1 saturated heterocycles. The zero-order valence-corrected chi connectivity index (χ0v) is 14.9. The first kappa shape index (κ1) is 17.3. The summed E-state index contributed by atoms with van der Waals surface area (Å²) in [5, 5.41) is 6.99. The molecule has 1 atom stereocenters. The van der Waals surface area contributed by atoms with Gasteiger partial charge in [-0.15, -0.1) is 0 Å². The van der Waals surface area contributed by atoms with Gasteiger partial charge in [0.05, 0.1) is 11.4 Å². The normalized spacial score (nSPS) is 17.5. The van der Waals surface area contributed by atoms with Crippen molar-refractivity contribution >= 4 is 28.5 Å². The lowest BCUT2D eigenvalue weighted by Gasteiger charge is -2.32. The maximum atomic E-state index is 12.6. The van der Waals surface area contributed by atoms with E-state index in [1.54, 1.807) is 4.90 Å². The van der Waals surface area contributed by atoms with Gasteiger partial charge in [0.25, 0.3) is 0 Å². The molecular weight excluding hydrogens is 316 g/mol. The summed E-state index contributed by atoms with van der Waals surface area (Å²) in [5.41, 5.74) is 1.89. The molecule has 3 amide bonds. The molecule has 1 aliphatic heterocycles. The van der Waals surface area contributed by atoms with Crippen LogP contribution in [0.4, 0.5) is 10.5 Å². The zero-order valence-electron chi connectivity index (χ0n) is 14.9. The molecule has 3 rings (SSSR count). The van der Waals surface area contributed by atoms with E-state index in [2.05, 4.69) is 34.4 Å². The number of rotatable bonds is 4. The molecule has 2 N–H and O–H groups in total. The van der Waals surface area contributed by atoms with Crippen molar-refractivity contribution < 1.29 is 9.59 Å². The lowest BCUT2D eigenvalue weighted by atomic mass is 9.97. The second kappa shape index (κ2) is 7.59. The van der Waals surface area contributed by atoms with Crippen molar-refractivity contribution in [3.8, 4) is 0 Å². The Labute approximate surface area is 148 Å². The van der Waals surface area contributed by atoms with E-state index in [1.807, 2.05) is 25.1 Å². The maximum Gasteiger partial charge on any atom is 0.321 e. The smallest absolute Gasteiger partial charge is 0.321 e. The van der Waals surface area contributed by atoms with Crippen LogP contribution in [-0.2, 0) is 11.3 Å². The Kier molecular flexibility index (Phi) is 5.26. The van der Waals surface area contributed by atoms with Crippen LogP contribution in [-0.4, -0.2) is 41.0 Å². The Hall–Kier alpha value is -2.50. The first-order valence-corrected chi connectivity index (χ1v) is 9.05. The number of fused-ring (bicyclic) bond motifs is 1. The van der Waals surface area contributed by atoms with Gasteiger partial charge < -0.3 is 20.1 Å². The number of carbonyl (C=O) groups excluding carboxylic acids is 2. The molecule has 2 aromatic rings. The molecule has 1 aromatic carbocycles. The highest BCUT2D eigenvalue weighted by molar-refractivity contribution is 5.93. The standard InChI is InChI=1S/C19H26N4O2/c1-3-20-18(24)15-6-5-10-23(13-15)19(25)21-16-8-7-14-9-11-22(4-2)17(14)12-16/h7-9,11-12,15H,3-6,10,13H2,1-2H3,(H,20,24)(H,21,25)/t15-/m1/s1. The molecule has 0 spiro atoms. The summed E-state index contributed by atoms with van der Waals surface area (Å²) < 4.78 is 2.15. The SMILES string of the molecule is CCNC(=O)[C@@H]1CCCN(C(=O)Nc2ccc3ccn(CC)c3c2)C1. The van der Waals surface area contributed by atoms with E-state index in [9.17, 15) is 9.59 Å². The minimum absolute atomic E-state index is 0.0437. The largest absolute Gasteiger partial charge is 0.356 e. The molecule has 1 aromatic heterocycles. The van der Waals surface area contributed by atoms with Gasteiger partial charge in [-0.2, -0.15) is 0 Å². The third-order valence-corrected chi connectivity index (χ3v) is 4.80. The number of hydrogen-bond donors (Lipinski definition) is 2. The van der Waals surface area contributed by atoms with Crippen LogP contribution in [0.2, 0.25) is 0 Å². The Bertz CT molecular complexity index is 768. The summed E-state index contributed by atoms with van der Waals surface area (Å²) in [7, 11) is 0. The molecule has 0 aliphatic carbocycles. The lowest BCUT2D eigenvalue weighted by molar-refractivity contribution is -0.126. The topological polar surface area (TPSA) is 66.4 Å². The van der Waals surface area contributed by atoms with Crippen molar-refractivity contribution in [1.82, 2.24) is 14.8 Å². The van der Waals surface area contributed by atoms with Crippen LogP contribution in [0.5, 0.6) is 0 Å². The Morgan fingerprint density at radius 1 is 1.24 bits per heavy atom. The molecule has 134 valence electrons. The number of anilines is 1. The first-order valence-electron chi connectivity index (χ1n) is 9.05. The number of carbonyl (C=O) groups is 2. The van der Waals surface area contributed by atoms with Crippen LogP contribution < -0.4 is 10.6 Å². The fourth-order valence-electron chi connectivity index (χ4n) is 3.43. The molecule has 1 fully saturated rings. The van der Waals surface area contributed by atoms with Crippen LogP contribution in [0.3, 0.4) is 0 Å². The third-order valence-electron chi connectivity index (χ3n) is 4.80. The number of aromatic nitrogens is 1. The number of hydrogen-bond acceptors (Lipinski definition) is 2. The summed E-state index contributed by atoms with van der Waals surface area (Å²) in [6, 6.07) is 7.88. The molecule has 6 heteroatoms. The van der Waals surface area contributed by atoms with Gasteiger partial charge in [-0.25, -0.2) is 4.79 Å². The van der Waals surface area contributed by atoms with E-state index in [1.165, 1.54) is 0 Å². The number of likely N-dealkylation sites (tertiary alicyclic amines) is 1. The van der Waals surface area contributed by atoms with Crippen LogP contribution in [0.15, 0.2) is 30.5 Å². The fourth-order valence-corrected chi connectivity index (χ4v) is 3.43. The van der Waals surface area contributed by atoms with Gasteiger partial charge in [0.1, 0.15) is 0 Å². The molecule has 25 heavy (non-hydrogen) atoms. The van der Waals surface area contributed by atoms with Crippen LogP contribution in [0.1, 0.15) is 26.7 Å². The molecule has 2 heterocycles. The lowest BCUT2D eigenvalue weighted by Crippen LogP contribution is -2.46. The minimum atomic E-state index is -0.136. The Balaban J connectivity index is 1.68. The highest BCUT2D eigenvalue weighted by atomic mass is 16.2. The van der Waals surface area contributed by atoms with E-state index in [0.29, 0.717) is 19.6 Å². The van der Waals surface area contributed by atoms with E-state index in [0.717, 1.165) is 36.0 Å². The number of urea groups is 1. The average molecular weight is 342 g/mol. The number of piperidine rings is 1. The summed E-state index contributed by atoms with van der Waals surface area (Å²) >= 11 is 0. The maximum absolute atomic E-state index is 12.6. The molecule has 0 bridgehead atoms. The summed E-state index contributed by atoms with van der Waals surface area (Å²) in [4.78, 5) is 26.4. The van der Waals surface area contributed by atoms with Gasteiger partial charge in [0.15, 0.2) is 0 Å². The van der Waals surface area contributed by atoms with E-state index >= 15 is 0 Å². The summed E-state index contributed by atoms with van der Waals surface area (Å²) in [6.45, 7) is 6.69. The van der Waals surface area contributed by atoms with E-state index in [4.69, 9.17) is 0 Å². The molecule has 0 radical (unpaired) electrons. The number of benzene rings is 1. The van der Waals surface area contributed by atoms with Gasteiger partial charge in [-0.3, -0.25) is 4.79 Å². The average Bonchev–Trinajstić information content (AvgIpc) is 3.04. The van der Waals surface area contributed by atoms with Gasteiger partial charge in [-0.05, 0) is 50.3 Å². The highest BCUT2D eigenvalue weighted by Gasteiger charge is 2.28. The quantitative estimate of drug-likeness (QED) is 0.897. The van der Waals surface area contributed by atoms with E-state index < -0.39 is 0 Å². The molecule has 0 unspecified atom stereocenters. The number of amides is 3. The van der Waals surface area contributed by atoms with Crippen LogP contribution >= 0.6 is 0 Å². The predicted molar refractivity (Wildman–Crippen MR) is 99.6 cm³/mol.